The highest BCUT2D eigenvalue weighted by atomic mass is 16.5. The molecule has 1 aliphatic heterocycles. The molecule has 0 atom stereocenters. The van der Waals surface area contributed by atoms with Crippen LogP contribution in [0.4, 0.5) is 0 Å². The average molecular weight is 230 g/mol. The van der Waals surface area contributed by atoms with Crippen LogP contribution in [0.2, 0.25) is 0 Å². The normalized spacial score (nSPS) is 18.4. The number of esters is 1. The van der Waals surface area contributed by atoms with Crippen LogP contribution >= 0.6 is 0 Å². The van der Waals surface area contributed by atoms with Crippen molar-refractivity contribution in [3.05, 3.63) is 0 Å². The molecule has 0 aromatic carbocycles. The first-order valence-corrected chi connectivity index (χ1v) is 5.70. The van der Waals surface area contributed by atoms with Crippen molar-refractivity contribution in [1.29, 1.82) is 0 Å². The standard InChI is InChI=1S/C11H22N2O3/c1-11(2,10(14)15-3)12-4-5-13-6-8-16-9-7-13/h12H,4-9H2,1-3H3. The number of ether oxygens (including phenoxy) is 2. The summed E-state index contributed by atoms with van der Waals surface area (Å²) < 4.78 is 9.99. The Morgan fingerprint density at radius 2 is 2.06 bits per heavy atom. The molecular formula is C11H22N2O3. The Balaban J connectivity index is 2.20. The second-order valence-corrected chi connectivity index (χ2v) is 4.50. The van der Waals surface area contributed by atoms with E-state index in [1.54, 1.807) is 0 Å². The van der Waals surface area contributed by atoms with Gasteiger partial charge in [-0.05, 0) is 13.8 Å². The van der Waals surface area contributed by atoms with Crippen molar-refractivity contribution in [3.63, 3.8) is 0 Å². The van der Waals surface area contributed by atoms with Crippen LogP contribution < -0.4 is 5.32 Å². The molecular weight excluding hydrogens is 208 g/mol. The summed E-state index contributed by atoms with van der Waals surface area (Å²) in [4.78, 5) is 13.7. The zero-order valence-electron chi connectivity index (χ0n) is 10.4. The lowest BCUT2D eigenvalue weighted by Crippen LogP contribution is -2.50. The molecule has 16 heavy (non-hydrogen) atoms. The number of nitrogens with one attached hydrogen (secondary N) is 1. The molecule has 1 rings (SSSR count). The third kappa shape index (κ3) is 4.08. The Labute approximate surface area is 97.1 Å². The minimum Gasteiger partial charge on any atom is -0.468 e. The maximum Gasteiger partial charge on any atom is 0.325 e. The van der Waals surface area contributed by atoms with Crippen molar-refractivity contribution in [3.8, 4) is 0 Å². The number of nitrogens with zero attached hydrogens (tertiary/aromatic N) is 1. The van der Waals surface area contributed by atoms with E-state index in [-0.39, 0.29) is 5.97 Å². The second-order valence-electron chi connectivity index (χ2n) is 4.50. The zero-order chi connectivity index (χ0) is 12.0. The Kier molecular flexibility index (Phi) is 5.18. The third-order valence-electron chi connectivity index (χ3n) is 2.79. The van der Waals surface area contributed by atoms with Crippen molar-refractivity contribution in [2.24, 2.45) is 0 Å². The van der Waals surface area contributed by atoms with Gasteiger partial charge in [-0.1, -0.05) is 0 Å². The van der Waals surface area contributed by atoms with Gasteiger partial charge in [-0.2, -0.15) is 0 Å². The van der Waals surface area contributed by atoms with E-state index in [0.717, 1.165) is 39.4 Å². The number of carbonyl (C=O) groups is 1. The summed E-state index contributed by atoms with van der Waals surface area (Å²) in [6.45, 7) is 8.93. The highest BCUT2D eigenvalue weighted by Gasteiger charge is 2.27. The first kappa shape index (κ1) is 13.4. The summed E-state index contributed by atoms with van der Waals surface area (Å²) in [5, 5.41) is 3.20. The molecule has 0 saturated carbocycles. The topological polar surface area (TPSA) is 50.8 Å². The molecule has 1 saturated heterocycles. The van der Waals surface area contributed by atoms with Crippen LogP contribution in [-0.4, -0.2) is 62.9 Å². The Morgan fingerprint density at radius 1 is 1.44 bits per heavy atom. The lowest BCUT2D eigenvalue weighted by atomic mass is 10.1. The van der Waals surface area contributed by atoms with Gasteiger partial charge in [0.05, 0.1) is 20.3 Å². The van der Waals surface area contributed by atoms with Gasteiger partial charge >= 0.3 is 5.97 Å². The van der Waals surface area contributed by atoms with Gasteiger partial charge in [0.1, 0.15) is 5.54 Å². The summed E-state index contributed by atoms with van der Waals surface area (Å²) in [5.74, 6) is -0.227. The minimum atomic E-state index is -0.610. The van der Waals surface area contributed by atoms with E-state index < -0.39 is 5.54 Å². The Morgan fingerprint density at radius 3 is 2.62 bits per heavy atom. The Hall–Kier alpha value is -0.650. The molecule has 1 fully saturated rings. The first-order valence-electron chi connectivity index (χ1n) is 5.70. The third-order valence-corrected chi connectivity index (χ3v) is 2.79. The van der Waals surface area contributed by atoms with Crippen molar-refractivity contribution in [2.45, 2.75) is 19.4 Å². The lowest BCUT2D eigenvalue weighted by molar-refractivity contribution is -0.147. The zero-order valence-corrected chi connectivity index (χ0v) is 10.4. The van der Waals surface area contributed by atoms with Crippen molar-refractivity contribution in [2.75, 3.05) is 46.5 Å². The van der Waals surface area contributed by atoms with Crippen molar-refractivity contribution in [1.82, 2.24) is 10.2 Å². The van der Waals surface area contributed by atoms with E-state index in [4.69, 9.17) is 9.47 Å². The predicted octanol–water partition coefficient (Wildman–Crippen LogP) is -0.140. The van der Waals surface area contributed by atoms with Gasteiger partial charge in [-0.25, -0.2) is 0 Å². The monoisotopic (exact) mass is 230 g/mol. The largest absolute Gasteiger partial charge is 0.468 e. The molecule has 1 N–H and O–H groups in total. The van der Waals surface area contributed by atoms with Gasteiger partial charge in [-0.3, -0.25) is 9.69 Å². The van der Waals surface area contributed by atoms with E-state index in [0.29, 0.717) is 0 Å². The summed E-state index contributed by atoms with van der Waals surface area (Å²) >= 11 is 0. The van der Waals surface area contributed by atoms with Crippen LogP contribution in [0.1, 0.15) is 13.8 Å². The summed E-state index contributed by atoms with van der Waals surface area (Å²) in [6.07, 6.45) is 0. The molecule has 1 aliphatic rings. The summed E-state index contributed by atoms with van der Waals surface area (Å²) in [6, 6.07) is 0. The van der Waals surface area contributed by atoms with Crippen LogP contribution in [0.25, 0.3) is 0 Å². The van der Waals surface area contributed by atoms with Gasteiger partial charge < -0.3 is 14.8 Å². The molecule has 0 radical (unpaired) electrons. The number of morpholine rings is 1. The second kappa shape index (κ2) is 6.18. The van der Waals surface area contributed by atoms with Crippen LogP contribution in [0.3, 0.4) is 0 Å². The smallest absolute Gasteiger partial charge is 0.325 e. The van der Waals surface area contributed by atoms with Gasteiger partial charge in [-0.15, -0.1) is 0 Å². The average Bonchev–Trinajstić information content (AvgIpc) is 2.29. The van der Waals surface area contributed by atoms with Gasteiger partial charge in [0.25, 0.3) is 0 Å². The van der Waals surface area contributed by atoms with Crippen molar-refractivity contribution < 1.29 is 14.3 Å². The van der Waals surface area contributed by atoms with Gasteiger partial charge in [0.15, 0.2) is 0 Å². The van der Waals surface area contributed by atoms with E-state index in [1.807, 2.05) is 13.8 Å². The molecule has 5 nitrogen and oxygen atoms in total. The molecule has 5 heteroatoms. The van der Waals surface area contributed by atoms with Crippen molar-refractivity contribution >= 4 is 5.97 Å². The minimum absolute atomic E-state index is 0.227. The molecule has 0 spiro atoms. The van der Waals surface area contributed by atoms with E-state index >= 15 is 0 Å². The summed E-state index contributed by atoms with van der Waals surface area (Å²) in [5.41, 5.74) is -0.610. The van der Waals surface area contributed by atoms with E-state index in [2.05, 4.69) is 10.2 Å². The Bertz CT molecular complexity index is 225. The van der Waals surface area contributed by atoms with E-state index in [9.17, 15) is 4.79 Å². The fourth-order valence-corrected chi connectivity index (χ4v) is 1.68. The number of methoxy groups -OCH3 is 1. The molecule has 0 bridgehead atoms. The summed E-state index contributed by atoms with van der Waals surface area (Å²) in [7, 11) is 1.41. The number of hydrogen-bond donors (Lipinski definition) is 1. The molecule has 0 aromatic heterocycles. The van der Waals surface area contributed by atoms with Crippen LogP contribution in [0, 0.1) is 0 Å². The number of carbonyl (C=O) groups excluding carboxylic acids is 1. The molecule has 0 unspecified atom stereocenters. The number of rotatable bonds is 5. The van der Waals surface area contributed by atoms with Crippen LogP contribution in [-0.2, 0) is 14.3 Å². The molecule has 0 aromatic rings. The van der Waals surface area contributed by atoms with Crippen LogP contribution in [0.5, 0.6) is 0 Å². The highest BCUT2D eigenvalue weighted by Crippen LogP contribution is 2.04. The molecule has 1 heterocycles. The fourth-order valence-electron chi connectivity index (χ4n) is 1.68. The maximum absolute atomic E-state index is 11.4. The molecule has 0 aliphatic carbocycles. The van der Waals surface area contributed by atoms with Gasteiger partial charge in [0, 0.05) is 26.2 Å². The molecule has 94 valence electrons. The predicted molar refractivity (Wildman–Crippen MR) is 61.4 cm³/mol. The first-order chi connectivity index (χ1) is 7.56. The van der Waals surface area contributed by atoms with Gasteiger partial charge in [0.2, 0.25) is 0 Å². The quantitative estimate of drug-likeness (QED) is 0.666. The SMILES string of the molecule is COC(=O)C(C)(C)NCCN1CCOCC1. The highest BCUT2D eigenvalue weighted by molar-refractivity contribution is 5.79. The number of hydrogen-bond acceptors (Lipinski definition) is 5. The van der Waals surface area contributed by atoms with Crippen LogP contribution in [0.15, 0.2) is 0 Å². The van der Waals surface area contributed by atoms with E-state index in [1.165, 1.54) is 7.11 Å². The molecule has 0 amide bonds. The maximum atomic E-state index is 11.4. The lowest BCUT2D eigenvalue weighted by Gasteiger charge is -2.29. The fraction of sp³-hybridized carbons (Fsp3) is 0.909.